The molecular weight excluding hydrogens is 186 g/mol. The minimum atomic E-state index is 0.812. The van der Waals surface area contributed by atoms with Gasteiger partial charge in [0, 0.05) is 19.3 Å². The maximum Gasteiger partial charge on any atom is 0.0923 e. The number of hydrogen-bond donors (Lipinski definition) is 1. The first-order valence-electron chi connectivity index (χ1n) is 5.95. The molecule has 1 aromatic heterocycles. The molecule has 1 fully saturated rings. The second-order valence-corrected chi connectivity index (χ2v) is 4.94. The molecule has 1 aliphatic rings. The van der Waals surface area contributed by atoms with E-state index in [1.807, 2.05) is 6.20 Å². The highest BCUT2D eigenvalue weighted by Gasteiger charge is 2.22. The molecule has 2 rings (SSSR count). The van der Waals surface area contributed by atoms with Gasteiger partial charge in [0.05, 0.1) is 12.0 Å². The van der Waals surface area contributed by atoms with Crippen molar-refractivity contribution in [3.8, 4) is 0 Å². The van der Waals surface area contributed by atoms with Gasteiger partial charge < -0.3 is 4.98 Å². The van der Waals surface area contributed by atoms with E-state index in [-0.39, 0.29) is 0 Å². The SMILES string of the molecule is CC(C)[C@@H]1CCCN(Cc2c[nH]cn2)C1. The van der Waals surface area contributed by atoms with Gasteiger partial charge in [-0.05, 0) is 31.2 Å². The van der Waals surface area contributed by atoms with E-state index in [9.17, 15) is 0 Å². The van der Waals surface area contributed by atoms with Crippen molar-refractivity contribution in [1.82, 2.24) is 14.9 Å². The molecule has 1 N–H and O–H groups in total. The Morgan fingerprint density at radius 1 is 1.60 bits per heavy atom. The minimum Gasteiger partial charge on any atom is -0.351 e. The van der Waals surface area contributed by atoms with Crippen molar-refractivity contribution in [2.24, 2.45) is 11.8 Å². The van der Waals surface area contributed by atoms with Crippen LogP contribution in [0.25, 0.3) is 0 Å². The monoisotopic (exact) mass is 207 g/mol. The molecule has 0 spiro atoms. The van der Waals surface area contributed by atoms with Crippen molar-refractivity contribution in [2.75, 3.05) is 13.1 Å². The van der Waals surface area contributed by atoms with Gasteiger partial charge in [-0.25, -0.2) is 4.98 Å². The van der Waals surface area contributed by atoms with Gasteiger partial charge in [-0.3, -0.25) is 4.90 Å². The Balaban J connectivity index is 1.88. The van der Waals surface area contributed by atoms with Crippen LogP contribution >= 0.6 is 0 Å². The first-order valence-corrected chi connectivity index (χ1v) is 5.95. The number of likely N-dealkylation sites (tertiary alicyclic amines) is 1. The lowest BCUT2D eigenvalue weighted by Crippen LogP contribution is -2.36. The number of rotatable bonds is 3. The fourth-order valence-corrected chi connectivity index (χ4v) is 2.39. The van der Waals surface area contributed by atoms with E-state index in [1.165, 1.54) is 31.6 Å². The molecule has 0 saturated carbocycles. The Labute approximate surface area is 91.9 Å². The maximum absolute atomic E-state index is 4.28. The first kappa shape index (κ1) is 10.7. The zero-order chi connectivity index (χ0) is 10.7. The van der Waals surface area contributed by atoms with E-state index >= 15 is 0 Å². The molecule has 84 valence electrons. The van der Waals surface area contributed by atoms with Crippen LogP contribution in [0, 0.1) is 11.8 Å². The molecule has 1 aromatic rings. The van der Waals surface area contributed by atoms with Crippen molar-refractivity contribution < 1.29 is 0 Å². The quantitative estimate of drug-likeness (QED) is 0.824. The van der Waals surface area contributed by atoms with Gasteiger partial charge in [-0.1, -0.05) is 13.8 Å². The van der Waals surface area contributed by atoms with Crippen molar-refractivity contribution in [1.29, 1.82) is 0 Å². The number of imidazole rings is 1. The molecule has 0 amide bonds. The molecule has 1 atom stereocenters. The Hall–Kier alpha value is -0.830. The van der Waals surface area contributed by atoms with Crippen LogP contribution in [0.1, 0.15) is 32.4 Å². The molecule has 0 aliphatic carbocycles. The van der Waals surface area contributed by atoms with E-state index in [4.69, 9.17) is 0 Å². The molecule has 2 heterocycles. The lowest BCUT2D eigenvalue weighted by Gasteiger charge is -2.34. The predicted molar refractivity (Wildman–Crippen MR) is 61.4 cm³/mol. The summed E-state index contributed by atoms with van der Waals surface area (Å²) in [5.74, 6) is 1.68. The van der Waals surface area contributed by atoms with Crippen LogP contribution in [0.5, 0.6) is 0 Å². The third-order valence-electron chi connectivity index (χ3n) is 3.43. The van der Waals surface area contributed by atoms with E-state index in [0.29, 0.717) is 0 Å². The average molecular weight is 207 g/mol. The first-order chi connectivity index (χ1) is 7.25. The fourth-order valence-electron chi connectivity index (χ4n) is 2.39. The summed E-state index contributed by atoms with van der Waals surface area (Å²) in [6, 6.07) is 0. The number of H-pyrrole nitrogens is 1. The number of aromatic nitrogens is 2. The average Bonchev–Trinajstić information content (AvgIpc) is 2.71. The summed E-state index contributed by atoms with van der Waals surface area (Å²) in [6.45, 7) is 8.15. The van der Waals surface area contributed by atoms with Crippen LogP contribution in [0.15, 0.2) is 12.5 Å². The maximum atomic E-state index is 4.28. The molecule has 1 saturated heterocycles. The summed E-state index contributed by atoms with van der Waals surface area (Å²) in [6.07, 6.45) is 6.50. The third-order valence-corrected chi connectivity index (χ3v) is 3.43. The van der Waals surface area contributed by atoms with Crippen LogP contribution in [0.3, 0.4) is 0 Å². The van der Waals surface area contributed by atoms with Gasteiger partial charge in [0.25, 0.3) is 0 Å². The topological polar surface area (TPSA) is 31.9 Å². The van der Waals surface area contributed by atoms with Crippen LogP contribution in [0.2, 0.25) is 0 Å². The van der Waals surface area contributed by atoms with Gasteiger partial charge in [0.15, 0.2) is 0 Å². The number of nitrogens with one attached hydrogen (secondary N) is 1. The summed E-state index contributed by atoms with van der Waals surface area (Å²) in [4.78, 5) is 9.83. The number of hydrogen-bond acceptors (Lipinski definition) is 2. The van der Waals surface area contributed by atoms with Gasteiger partial charge in [0.1, 0.15) is 0 Å². The molecule has 0 radical (unpaired) electrons. The highest BCUT2D eigenvalue weighted by molar-refractivity contribution is 4.94. The molecule has 1 aliphatic heterocycles. The van der Waals surface area contributed by atoms with Crippen LogP contribution < -0.4 is 0 Å². The summed E-state index contributed by atoms with van der Waals surface area (Å²) in [7, 11) is 0. The van der Waals surface area contributed by atoms with Gasteiger partial charge >= 0.3 is 0 Å². The predicted octanol–water partition coefficient (Wildman–Crippen LogP) is 2.28. The fraction of sp³-hybridized carbons (Fsp3) is 0.750. The largest absolute Gasteiger partial charge is 0.351 e. The molecule has 3 nitrogen and oxygen atoms in total. The van der Waals surface area contributed by atoms with Crippen molar-refractivity contribution >= 4 is 0 Å². The zero-order valence-corrected chi connectivity index (χ0v) is 9.74. The van der Waals surface area contributed by atoms with Crippen LogP contribution in [-0.2, 0) is 6.54 Å². The van der Waals surface area contributed by atoms with E-state index in [1.54, 1.807) is 6.33 Å². The highest BCUT2D eigenvalue weighted by Crippen LogP contribution is 2.24. The number of piperidine rings is 1. The van der Waals surface area contributed by atoms with E-state index in [2.05, 4.69) is 28.7 Å². The summed E-state index contributed by atoms with van der Waals surface area (Å²) in [5.41, 5.74) is 1.17. The molecule has 15 heavy (non-hydrogen) atoms. The second-order valence-electron chi connectivity index (χ2n) is 4.94. The minimum absolute atomic E-state index is 0.812. The van der Waals surface area contributed by atoms with Gasteiger partial charge in [0.2, 0.25) is 0 Å². The standard InChI is InChI=1S/C12H21N3/c1-10(2)11-4-3-5-15(7-11)8-12-6-13-9-14-12/h6,9-11H,3-5,7-8H2,1-2H3,(H,13,14)/t11-/m1/s1. The highest BCUT2D eigenvalue weighted by atomic mass is 15.1. The van der Waals surface area contributed by atoms with Crippen LogP contribution in [-0.4, -0.2) is 28.0 Å². The van der Waals surface area contributed by atoms with Gasteiger partial charge in [-0.15, -0.1) is 0 Å². The molecule has 0 bridgehead atoms. The van der Waals surface area contributed by atoms with E-state index < -0.39 is 0 Å². The van der Waals surface area contributed by atoms with Crippen LogP contribution in [0.4, 0.5) is 0 Å². The van der Waals surface area contributed by atoms with Crippen molar-refractivity contribution in [3.05, 3.63) is 18.2 Å². The van der Waals surface area contributed by atoms with Crippen molar-refractivity contribution in [2.45, 2.75) is 33.2 Å². The molecule has 3 heteroatoms. The summed E-state index contributed by atoms with van der Waals surface area (Å²) >= 11 is 0. The third kappa shape index (κ3) is 2.81. The summed E-state index contributed by atoms with van der Waals surface area (Å²) < 4.78 is 0. The summed E-state index contributed by atoms with van der Waals surface area (Å²) in [5, 5.41) is 0. The zero-order valence-electron chi connectivity index (χ0n) is 9.74. The Kier molecular flexibility index (Phi) is 3.41. The Morgan fingerprint density at radius 3 is 3.13 bits per heavy atom. The molecule has 0 aromatic carbocycles. The lowest BCUT2D eigenvalue weighted by atomic mass is 9.88. The van der Waals surface area contributed by atoms with Crippen molar-refractivity contribution in [3.63, 3.8) is 0 Å². The number of aromatic amines is 1. The smallest absolute Gasteiger partial charge is 0.0923 e. The molecule has 0 unspecified atom stereocenters. The second kappa shape index (κ2) is 4.79. The lowest BCUT2D eigenvalue weighted by molar-refractivity contribution is 0.138. The number of nitrogens with zero attached hydrogens (tertiary/aromatic N) is 2. The molecular formula is C12H21N3. The van der Waals surface area contributed by atoms with E-state index in [0.717, 1.165) is 18.4 Å². The normalized spacial score (nSPS) is 23.5. The Morgan fingerprint density at radius 2 is 2.47 bits per heavy atom. The van der Waals surface area contributed by atoms with Gasteiger partial charge in [-0.2, -0.15) is 0 Å². The Bertz CT molecular complexity index is 279.